The monoisotopic (exact) mass is 254 g/mol. The number of nitrogens with zero attached hydrogens (tertiary/aromatic N) is 3. The van der Waals surface area contributed by atoms with Gasteiger partial charge >= 0.3 is 5.69 Å². The molecule has 0 bridgehead atoms. The first-order valence-corrected chi connectivity index (χ1v) is 6.00. The summed E-state index contributed by atoms with van der Waals surface area (Å²) in [5.74, 6) is 0.576. The van der Waals surface area contributed by atoms with Crippen LogP contribution in [-0.2, 0) is 18.8 Å². The molecule has 18 heavy (non-hydrogen) atoms. The Morgan fingerprint density at radius 1 is 1.44 bits per heavy atom. The Balaban J connectivity index is 2.15. The largest absolute Gasteiger partial charge is 0.378 e. The van der Waals surface area contributed by atoms with Gasteiger partial charge in [0.2, 0.25) is 5.82 Å². The summed E-state index contributed by atoms with van der Waals surface area (Å²) in [4.78, 5) is 23.3. The molecule has 0 spiro atoms. The molecule has 100 valence electrons. The Labute approximate surface area is 104 Å². The van der Waals surface area contributed by atoms with Gasteiger partial charge in [-0.05, 0) is 13.3 Å². The molecule has 0 saturated carbocycles. The van der Waals surface area contributed by atoms with Crippen molar-refractivity contribution < 1.29 is 4.74 Å². The number of anilines is 1. The Bertz CT molecular complexity index is 548. The van der Waals surface area contributed by atoms with E-state index in [1.165, 1.54) is 14.1 Å². The van der Waals surface area contributed by atoms with Crippen LogP contribution in [0.25, 0.3) is 0 Å². The van der Waals surface area contributed by atoms with Gasteiger partial charge in [-0.1, -0.05) is 0 Å². The summed E-state index contributed by atoms with van der Waals surface area (Å²) in [5, 5.41) is 6.95. The molecule has 1 aromatic heterocycles. The maximum absolute atomic E-state index is 11.8. The number of ether oxygens (including phenoxy) is 1. The van der Waals surface area contributed by atoms with E-state index in [2.05, 4.69) is 10.4 Å². The van der Waals surface area contributed by atoms with E-state index in [9.17, 15) is 9.59 Å². The minimum absolute atomic E-state index is 0.189. The van der Waals surface area contributed by atoms with Gasteiger partial charge in [0.05, 0.1) is 6.10 Å². The van der Waals surface area contributed by atoms with Crippen LogP contribution in [0.15, 0.2) is 9.59 Å². The third kappa shape index (κ3) is 2.31. The molecule has 2 rings (SSSR count). The highest BCUT2D eigenvalue weighted by atomic mass is 16.5. The third-order valence-corrected chi connectivity index (χ3v) is 3.39. The maximum atomic E-state index is 11.8. The van der Waals surface area contributed by atoms with E-state index in [1.54, 1.807) is 0 Å². The number of rotatable bonds is 3. The van der Waals surface area contributed by atoms with Crippen LogP contribution in [0.4, 0.5) is 5.82 Å². The molecule has 1 aliphatic heterocycles. The van der Waals surface area contributed by atoms with Gasteiger partial charge in [-0.25, -0.2) is 9.48 Å². The van der Waals surface area contributed by atoms with E-state index >= 15 is 0 Å². The zero-order chi connectivity index (χ0) is 13.3. The van der Waals surface area contributed by atoms with Crippen molar-refractivity contribution >= 4 is 5.82 Å². The highest BCUT2D eigenvalue weighted by molar-refractivity contribution is 5.29. The summed E-state index contributed by atoms with van der Waals surface area (Å²) in [6.45, 7) is 3.40. The normalized spacial score (nSPS) is 23.3. The number of aryl methyl sites for hydroxylation is 1. The lowest BCUT2D eigenvalue weighted by Crippen LogP contribution is -2.40. The van der Waals surface area contributed by atoms with E-state index in [4.69, 9.17) is 4.74 Å². The Morgan fingerprint density at radius 3 is 2.78 bits per heavy atom. The number of hydrogen-bond donors (Lipinski definition) is 1. The second kappa shape index (κ2) is 4.93. The fourth-order valence-electron chi connectivity index (χ4n) is 2.08. The summed E-state index contributed by atoms with van der Waals surface area (Å²) in [6, 6.07) is 0. The van der Waals surface area contributed by atoms with Crippen LogP contribution in [0.5, 0.6) is 0 Å². The molecule has 0 amide bonds. The highest BCUT2D eigenvalue weighted by Gasteiger charge is 2.24. The van der Waals surface area contributed by atoms with Crippen LogP contribution in [0.2, 0.25) is 0 Å². The van der Waals surface area contributed by atoms with E-state index in [0.29, 0.717) is 12.5 Å². The van der Waals surface area contributed by atoms with Crippen molar-refractivity contribution in [3.05, 3.63) is 20.8 Å². The molecule has 1 fully saturated rings. The molecule has 1 saturated heterocycles. The highest BCUT2D eigenvalue weighted by Crippen LogP contribution is 2.19. The van der Waals surface area contributed by atoms with Crippen LogP contribution < -0.4 is 16.6 Å². The van der Waals surface area contributed by atoms with Crippen molar-refractivity contribution in [2.75, 3.05) is 18.5 Å². The molecule has 1 aliphatic rings. The lowest BCUT2D eigenvalue weighted by atomic mass is 10.0. The van der Waals surface area contributed by atoms with Crippen molar-refractivity contribution in [1.29, 1.82) is 0 Å². The second-order valence-corrected chi connectivity index (χ2v) is 4.62. The first-order chi connectivity index (χ1) is 8.50. The van der Waals surface area contributed by atoms with Crippen LogP contribution in [0, 0.1) is 5.92 Å². The van der Waals surface area contributed by atoms with Crippen molar-refractivity contribution in [2.24, 2.45) is 20.0 Å². The predicted molar refractivity (Wildman–Crippen MR) is 66.7 cm³/mol. The molecule has 7 heteroatoms. The van der Waals surface area contributed by atoms with Gasteiger partial charge in [-0.15, -0.1) is 5.10 Å². The van der Waals surface area contributed by atoms with Crippen molar-refractivity contribution in [3.63, 3.8) is 0 Å². The molecule has 2 heterocycles. The molecule has 2 unspecified atom stereocenters. The Morgan fingerprint density at radius 2 is 2.17 bits per heavy atom. The fraction of sp³-hybridized carbons (Fsp3) is 0.727. The van der Waals surface area contributed by atoms with Crippen LogP contribution in [-0.4, -0.2) is 33.6 Å². The van der Waals surface area contributed by atoms with Gasteiger partial charge in [0.1, 0.15) is 0 Å². The van der Waals surface area contributed by atoms with Gasteiger partial charge in [0.15, 0.2) is 0 Å². The number of hydrogen-bond acceptors (Lipinski definition) is 5. The summed E-state index contributed by atoms with van der Waals surface area (Å²) in [7, 11) is 2.97. The third-order valence-electron chi connectivity index (χ3n) is 3.39. The first kappa shape index (κ1) is 12.8. The Hall–Kier alpha value is -1.63. The average Bonchev–Trinajstić information content (AvgIpc) is 2.75. The summed E-state index contributed by atoms with van der Waals surface area (Å²) in [5.41, 5.74) is -0.826. The summed E-state index contributed by atoms with van der Waals surface area (Å²) in [6.07, 6.45) is 1.16. The van der Waals surface area contributed by atoms with E-state index < -0.39 is 11.2 Å². The molecule has 7 nitrogen and oxygen atoms in total. The van der Waals surface area contributed by atoms with Gasteiger partial charge < -0.3 is 10.1 Å². The zero-order valence-electron chi connectivity index (χ0n) is 10.8. The van der Waals surface area contributed by atoms with Gasteiger partial charge in [0.25, 0.3) is 5.56 Å². The van der Waals surface area contributed by atoms with Gasteiger partial charge in [-0.2, -0.15) is 0 Å². The number of aromatic nitrogens is 3. The SMILES string of the molecule is CC1OCCC1CNc1nn(C)c(=O)n(C)c1=O. The van der Waals surface area contributed by atoms with Gasteiger partial charge in [-0.3, -0.25) is 9.36 Å². The van der Waals surface area contributed by atoms with Crippen LogP contribution >= 0.6 is 0 Å². The summed E-state index contributed by atoms with van der Waals surface area (Å²) >= 11 is 0. The van der Waals surface area contributed by atoms with E-state index in [1.807, 2.05) is 6.92 Å². The molecule has 1 N–H and O–H groups in total. The quantitative estimate of drug-likeness (QED) is 0.773. The lowest BCUT2D eigenvalue weighted by molar-refractivity contribution is 0.108. The second-order valence-electron chi connectivity index (χ2n) is 4.62. The zero-order valence-corrected chi connectivity index (χ0v) is 10.8. The van der Waals surface area contributed by atoms with Crippen molar-refractivity contribution in [2.45, 2.75) is 19.4 Å². The molecule has 1 aromatic rings. The lowest BCUT2D eigenvalue weighted by Gasteiger charge is -2.15. The summed E-state index contributed by atoms with van der Waals surface area (Å²) < 4.78 is 7.65. The first-order valence-electron chi connectivity index (χ1n) is 6.00. The minimum Gasteiger partial charge on any atom is -0.378 e. The molecule has 2 atom stereocenters. The topological polar surface area (TPSA) is 78.2 Å². The average molecular weight is 254 g/mol. The van der Waals surface area contributed by atoms with Gasteiger partial charge in [0, 0.05) is 33.2 Å². The van der Waals surface area contributed by atoms with Crippen LogP contribution in [0.3, 0.4) is 0 Å². The number of nitrogens with one attached hydrogen (secondary N) is 1. The predicted octanol–water partition coefficient (Wildman–Crippen LogP) is -0.684. The standard InChI is InChI=1S/C11H18N4O3/c1-7-8(4-5-18-7)6-12-9-10(16)14(2)11(17)15(3)13-9/h7-8H,4-6H2,1-3H3,(H,12,13). The molecule has 0 aliphatic carbocycles. The van der Waals surface area contributed by atoms with Crippen LogP contribution in [0.1, 0.15) is 13.3 Å². The Kier molecular flexibility index (Phi) is 3.51. The maximum Gasteiger partial charge on any atom is 0.346 e. The molecule has 0 aromatic carbocycles. The molecular formula is C11H18N4O3. The molecule has 0 radical (unpaired) electrons. The molecular weight excluding hydrogens is 236 g/mol. The van der Waals surface area contributed by atoms with E-state index in [0.717, 1.165) is 22.3 Å². The van der Waals surface area contributed by atoms with Crippen molar-refractivity contribution in [1.82, 2.24) is 14.3 Å². The fourth-order valence-corrected chi connectivity index (χ4v) is 2.08. The smallest absolute Gasteiger partial charge is 0.346 e. The minimum atomic E-state index is -0.428. The van der Waals surface area contributed by atoms with Crippen molar-refractivity contribution in [3.8, 4) is 0 Å². The van der Waals surface area contributed by atoms with E-state index in [-0.39, 0.29) is 11.9 Å².